The Bertz CT molecular complexity index is 527. The molecular formula is C11H17N3O3S. The summed E-state index contributed by atoms with van der Waals surface area (Å²) < 4.78 is 22.3. The molecule has 100 valence electrons. The molecule has 0 aliphatic carbocycles. The maximum atomic E-state index is 12.2. The first-order chi connectivity index (χ1) is 8.48. The lowest BCUT2D eigenvalue weighted by atomic mass is 10.2. The number of hydrogen-bond donors (Lipinski definition) is 2. The fourth-order valence-electron chi connectivity index (χ4n) is 2.11. The lowest BCUT2D eigenvalue weighted by Gasteiger charge is -2.19. The van der Waals surface area contributed by atoms with E-state index in [0.717, 1.165) is 38.8 Å². The standard InChI is InChI=1S/C11H17N3O3S/c12-18(16,17)9-7-10(13-8-9)11(15)14-5-3-1-2-4-6-14/h7-8,13H,1-6H2,(H2,12,16,17). The van der Waals surface area contributed by atoms with Gasteiger partial charge >= 0.3 is 0 Å². The van der Waals surface area contributed by atoms with Gasteiger partial charge in [0, 0.05) is 19.3 Å². The topological polar surface area (TPSA) is 96.3 Å². The van der Waals surface area contributed by atoms with Gasteiger partial charge in [-0.05, 0) is 18.9 Å². The predicted octanol–water partition coefficient (Wildman–Crippen LogP) is 0.678. The van der Waals surface area contributed by atoms with Crippen molar-refractivity contribution in [2.45, 2.75) is 30.6 Å². The Morgan fingerprint density at radius 2 is 1.83 bits per heavy atom. The molecule has 1 aromatic rings. The van der Waals surface area contributed by atoms with Crippen LogP contribution in [0.4, 0.5) is 0 Å². The molecule has 2 heterocycles. The van der Waals surface area contributed by atoms with Crippen molar-refractivity contribution in [1.82, 2.24) is 9.88 Å². The monoisotopic (exact) mass is 271 g/mol. The molecule has 3 N–H and O–H groups in total. The normalized spacial score (nSPS) is 17.5. The van der Waals surface area contributed by atoms with Gasteiger partial charge in [0.2, 0.25) is 10.0 Å². The van der Waals surface area contributed by atoms with Crippen molar-refractivity contribution in [1.29, 1.82) is 0 Å². The van der Waals surface area contributed by atoms with E-state index in [0.29, 0.717) is 0 Å². The Morgan fingerprint density at radius 3 is 2.33 bits per heavy atom. The molecular weight excluding hydrogens is 254 g/mol. The number of nitrogens with one attached hydrogen (secondary N) is 1. The molecule has 1 saturated heterocycles. The van der Waals surface area contributed by atoms with Gasteiger partial charge < -0.3 is 9.88 Å². The Kier molecular flexibility index (Phi) is 3.72. The average molecular weight is 271 g/mol. The Balaban J connectivity index is 2.15. The second-order valence-corrected chi connectivity index (χ2v) is 6.06. The van der Waals surface area contributed by atoms with Gasteiger partial charge in [-0.1, -0.05) is 12.8 Å². The smallest absolute Gasteiger partial charge is 0.270 e. The van der Waals surface area contributed by atoms with Crippen LogP contribution < -0.4 is 5.14 Å². The minimum absolute atomic E-state index is 0.0549. The van der Waals surface area contributed by atoms with E-state index < -0.39 is 10.0 Å². The molecule has 1 amide bonds. The zero-order valence-electron chi connectivity index (χ0n) is 10.1. The van der Waals surface area contributed by atoms with Crippen molar-refractivity contribution < 1.29 is 13.2 Å². The van der Waals surface area contributed by atoms with Crippen LogP contribution in [0.5, 0.6) is 0 Å². The first-order valence-electron chi connectivity index (χ1n) is 5.99. The number of amides is 1. The van der Waals surface area contributed by atoms with Gasteiger partial charge in [0.05, 0.1) is 4.90 Å². The maximum Gasteiger partial charge on any atom is 0.270 e. The van der Waals surface area contributed by atoms with E-state index in [1.807, 2.05) is 0 Å². The van der Waals surface area contributed by atoms with Crippen molar-refractivity contribution in [3.05, 3.63) is 18.0 Å². The van der Waals surface area contributed by atoms with Crippen molar-refractivity contribution in [3.8, 4) is 0 Å². The number of likely N-dealkylation sites (tertiary alicyclic amines) is 1. The minimum Gasteiger partial charge on any atom is -0.356 e. The summed E-state index contributed by atoms with van der Waals surface area (Å²) in [5.74, 6) is -0.160. The van der Waals surface area contributed by atoms with E-state index in [2.05, 4.69) is 4.98 Å². The molecule has 0 atom stereocenters. The van der Waals surface area contributed by atoms with Crippen LogP contribution in [0.2, 0.25) is 0 Å². The molecule has 0 bridgehead atoms. The maximum absolute atomic E-state index is 12.2. The molecule has 1 aliphatic heterocycles. The molecule has 1 aromatic heterocycles. The fraction of sp³-hybridized carbons (Fsp3) is 0.545. The van der Waals surface area contributed by atoms with Gasteiger partial charge in [-0.25, -0.2) is 13.6 Å². The first-order valence-corrected chi connectivity index (χ1v) is 7.53. The number of H-pyrrole nitrogens is 1. The number of sulfonamides is 1. The summed E-state index contributed by atoms with van der Waals surface area (Å²) in [6.07, 6.45) is 5.51. The number of rotatable bonds is 2. The lowest BCUT2D eigenvalue weighted by Crippen LogP contribution is -2.32. The van der Waals surface area contributed by atoms with Crippen LogP contribution >= 0.6 is 0 Å². The van der Waals surface area contributed by atoms with Crippen molar-refractivity contribution >= 4 is 15.9 Å². The Morgan fingerprint density at radius 1 is 1.22 bits per heavy atom. The summed E-state index contributed by atoms with van der Waals surface area (Å²) in [7, 11) is -3.76. The third-order valence-electron chi connectivity index (χ3n) is 3.11. The Labute approximate surface area is 106 Å². The zero-order chi connectivity index (χ0) is 13.2. The average Bonchev–Trinajstić information content (AvgIpc) is 2.65. The number of hydrogen-bond acceptors (Lipinski definition) is 3. The van der Waals surface area contributed by atoms with Gasteiger partial charge in [-0.15, -0.1) is 0 Å². The van der Waals surface area contributed by atoms with Gasteiger partial charge in [0.1, 0.15) is 5.69 Å². The SMILES string of the molecule is NS(=O)(=O)c1c[nH]c(C(=O)N2CCCCCC2)c1. The number of carbonyl (C=O) groups excluding carboxylic acids is 1. The third-order valence-corrected chi connectivity index (χ3v) is 4.00. The van der Waals surface area contributed by atoms with Crippen molar-refractivity contribution in [2.75, 3.05) is 13.1 Å². The second kappa shape index (κ2) is 5.11. The quantitative estimate of drug-likeness (QED) is 0.827. The van der Waals surface area contributed by atoms with E-state index in [9.17, 15) is 13.2 Å². The van der Waals surface area contributed by atoms with Gasteiger partial charge in [0.15, 0.2) is 0 Å². The van der Waals surface area contributed by atoms with Crippen LogP contribution in [-0.2, 0) is 10.0 Å². The highest BCUT2D eigenvalue weighted by Gasteiger charge is 2.20. The van der Waals surface area contributed by atoms with Crippen LogP contribution in [0.1, 0.15) is 36.2 Å². The fourth-order valence-corrected chi connectivity index (χ4v) is 2.61. The molecule has 1 aliphatic rings. The van der Waals surface area contributed by atoms with Crippen LogP contribution in [0.25, 0.3) is 0 Å². The number of nitrogens with two attached hydrogens (primary N) is 1. The van der Waals surface area contributed by atoms with Crippen LogP contribution in [-0.4, -0.2) is 37.3 Å². The van der Waals surface area contributed by atoms with Crippen molar-refractivity contribution in [2.24, 2.45) is 5.14 Å². The van der Waals surface area contributed by atoms with Crippen molar-refractivity contribution in [3.63, 3.8) is 0 Å². The minimum atomic E-state index is -3.76. The summed E-state index contributed by atoms with van der Waals surface area (Å²) in [5.41, 5.74) is 0.279. The van der Waals surface area contributed by atoms with E-state index in [-0.39, 0.29) is 16.5 Å². The van der Waals surface area contributed by atoms with Crippen LogP contribution in [0.15, 0.2) is 17.2 Å². The highest BCUT2D eigenvalue weighted by molar-refractivity contribution is 7.89. The van der Waals surface area contributed by atoms with Gasteiger partial charge in [-0.3, -0.25) is 4.79 Å². The molecule has 0 unspecified atom stereocenters. The molecule has 6 nitrogen and oxygen atoms in total. The summed E-state index contributed by atoms with van der Waals surface area (Å²) in [6.45, 7) is 1.45. The Hall–Kier alpha value is -1.34. The van der Waals surface area contributed by atoms with E-state index in [4.69, 9.17) is 5.14 Å². The zero-order valence-corrected chi connectivity index (χ0v) is 10.9. The predicted molar refractivity (Wildman–Crippen MR) is 66.5 cm³/mol. The van der Waals surface area contributed by atoms with Crippen LogP contribution in [0, 0.1) is 0 Å². The number of nitrogens with zero attached hydrogens (tertiary/aromatic N) is 1. The van der Waals surface area contributed by atoms with E-state index >= 15 is 0 Å². The molecule has 0 spiro atoms. The summed E-state index contributed by atoms with van der Waals surface area (Å²) >= 11 is 0. The number of carbonyl (C=O) groups is 1. The summed E-state index contributed by atoms with van der Waals surface area (Å²) in [5, 5.41) is 5.00. The molecule has 18 heavy (non-hydrogen) atoms. The second-order valence-electron chi connectivity index (χ2n) is 4.50. The van der Waals surface area contributed by atoms with E-state index in [1.54, 1.807) is 4.90 Å². The molecule has 2 rings (SSSR count). The number of primary sulfonamides is 1. The van der Waals surface area contributed by atoms with E-state index in [1.165, 1.54) is 12.3 Å². The number of aromatic nitrogens is 1. The highest BCUT2D eigenvalue weighted by atomic mass is 32.2. The molecule has 0 saturated carbocycles. The molecule has 1 fully saturated rings. The van der Waals surface area contributed by atoms with Gasteiger partial charge in [-0.2, -0.15) is 0 Å². The molecule has 7 heteroatoms. The summed E-state index contributed by atoms with van der Waals surface area (Å²) in [6, 6.07) is 1.29. The largest absolute Gasteiger partial charge is 0.356 e. The highest BCUT2D eigenvalue weighted by Crippen LogP contribution is 2.15. The molecule has 0 aromatic carbocycles. The number of aromatic amines is 1. The molecule has 0 radical (unpaired) electrons. The first kappa shape index (κ1) is 13.1. The van der Waals surface area contributed by atoms with Crippen LogP contribution in [0.3, 0.4) is 0 Å². The van der Waals surface area contributed by atoms with Gasteiger partial charge in [0.25, 0.3) is 5.91 Å². The summed E-state index contributed by atoms with van der Waals surface area (Å²) in [4.78, 5) is 16.5. The lowest BCUT2D eigenvalue weighted by molar-refractivity contribution is 0.0756. The third kappa shape index (κ3) is 2.91.